The number of ketones is 1. The van der Waals surface area contributed by atoms with E-state index in [1.54, 1.807) is 0 Å². The molecule has 1 radical (unpaired) electrons. The van der Waals surface area contributed by atoms with E-state index in [1.807, 2.05) is 41.5 Å². The third kappa shape index (κ3) is 8.12. The van der Waals surface area contributed by atoms with Crippen molar-refractivity contribution in [3.05, 3.63) is 76.1 Å². The molecule has 1 aromatic heterocycles. The first kappa shape index (κ1) is 30.7. The molecular weight excluding hydrogens is 611 g/mol. The topological polar surface area (TPSA) is 50.2 Å². The Bertz CT molecular complexity index is 1220. The normalized spacial score (nSPS) is 12.0. The fraction of sp³-hybridized carbons (Fsp3) is 0.419. The van der Waals surface area contributed by atoms with E-state index in [-0.39, 0.29) is 37.1 Å². The summed E-state index contributed by atoms with van der Waals surface area (Å²) < 4.78 is 0. The Morgan fingerprint density at radius 2 is 1.46 bits per heavy atom. The Balaban J connectivity index is 0.000000383. The summed E-state index contributed by atoms with van der Waals surface area (Å²) in [5, 5.41) is 10.8. The second-order valence-electron chi connectivity index (χ2n) is 11.4. The second-order valence-corrected chi connectivity index (χ2v) is 11.4. The van der Waals surface area contributed by atoms with E-state index in [2.05, 4.69) is 71.0 Å². The number of benzene rings is 2. The van der Waals surface area contributed by atoms with Gasteiger partial charge in [0.15, 0.2) is 5.78 Å². The van der Waals surface area contributed by atoms with Gasteiger partial charge in [-0.25, -0.2) is 0 Å². The van der Waals surface area contributed by atoms with Gasteiger partial charge in [-0.3, -0.25) is 9.78 Å². The standard InChI is InChI=1S/C20H20N.C11H20O2.Ir/c1-12-6-7-18-15(4)16(5)20(21-19(18)11-12)17-9-13(2)8-14(3)10-17;1-10(2,3)8(12)7-9(13)11(4,5)6;/h6-9,11H,1-5H3;7,12H,1-6H3;/q-1;;/b;8-7-;. The predicted octanol–water partition coefficient (Wildman–Crippen LogP) is 8.33. The number of allylic oxidation sites excluding steroid dienone is 2. The second kappa shape index (κ2) is 11.6. The maximum Gasteiger partial charge on any atom is 0.164 e. The number of nitrogens with zero attached hydrogens (tertiary/aromatic N) is 1. The first-order valence-electron chi connectivity index (χ1n) is 11.8. The molecule has 0 bridgehead atoms. The predicted molar refractivity (Wildman–Crippen MR) is 144 cm³/mol. The number of hydrogen-bond acceptors (Lipinski definition) is 3. The van der Waals surface area contributed by atoms with E-state index in [1.165, 1.54) is 33.7 Å². The molecule has 0 saturated carbocycles. The van der Waals surface area contributed by atoms with Crippen LogP contribution in [0.5, 0.6) is 0 Å². The van der Waals surface area contributed by atoms with E-state index in [4.69, 9.17) is 4.98 Å². The van der Waals surface area contributed by atoms with E-state index >= 15 is 0 Å². The molecule has 0 unspecified atom stereocenters. The zero-order valence-electron chi connectivity index (χ0n) is 23.1. The number of aromatic nitrogens is 1. The van der Waals surface area contributed by atoms with E-state index in [0.29, 0.717) is 0 Å². The van der Waals surface area contributed by atoms with Gasteiger partial charge in [-0.15, -0.1) is 34.9 Å². The van der Waals surface area contributed by atoms with E-state index in [0.717, 1.165) is 22.3 Å². The third-order valence-electron chi connectivity index (χ3n) is 5.89. The van der Waals surface area contributed by atoms with Crippen molar-refractivity contribution in [3.63, 3.8) is 0 Å². The fourth-order valence-corrected chi connectivity index (χ4v) is 3.48. The summed E-state index contributed by atoms with van der Waals surface area (Å²) in [5.41, 5.74) is 8.66. The monoisotopic (exact) mass is 651 g/mol. The Morgan fingerprint density at radius 3 is 1.97 bits per heavy atom. The molecule has 0 aliphatic heterocycles. The average Bonchev–Trinajstić information content (AvgIpc) is 2.68. The number of carbonyl (C=O) groups is 1. The quantitative estimate of drug-likeness (QED) is 0.172. The minimum Gasteiger partial charge on any atom is -0.512 e. The van der Waals surface area contributed by atoms with Gasteiger partial charge in [0.2, 0.25) is 0 Å². The van der Waals surface area contributed by atoms with Gasteiger partial charge < -0.3 is 5.11 Å². The minimum atomic E-state index is -0.417. The fourth-order valence-electron chi connectivity index (χ4n) is 3.48. The Hall–Kier alpha value is -2.29. The molecule has 3 nitrogen and oxygen atoms in total. The van der Waals surface area contributed by atoms with Crippen molar-refractivity contribution < 1.29 is 30.0 Å². The zero-order valence-corrected chi connectivity index (χ0v) is 25.5. The number of pyridine rings is 1. The molecule has 0 spiro atoms. The molecule has 4 heteroatoms. The minimum absolute atomic E-state index is 0. The van der Waals surface area contributed by atoms with Gasteiger partial charge in [0.25, 0.3) is 0 Å². The van der Waals surface area contributed by atoms with Crippen molar-refractivity contribution in [2.24, 2.45) is 10.8 Å². The largest absolute Gasteiger partial charge is 0.512 e. The van der Waals surface area contributed by atoms with Crippen molar-refractivity contribution >= 4 is 16.7 Å². The molecule has 191 valence electrons. The maximum atomic E-state index is 11.5. The van der Waals surface area contributed by atoms with Crippen LogP contribution < -0.4 is 0 Å². The van der Waals surface area contributed by atoms with Crippen molar-refractivity contribution in [3.8, 4) is 11.3 Å². The SMILES string of the molecule is CC(C)(C)C(=O)/C=C(\O)C(C)(C)C.Cc1[c-]c(-c2nc3cc(C)ccc3c(C)c2C)cc(C)c1.[Ir]. The molecule has 2 aromatic carbocycles. The Kier molecular flexibility index (Phi) is 10.2. The summed E-state index contributed by atoms with van der Waals surface area (Å²) in [6.45, 7) is 21.8. The van der Waals surface area contributed by atoms with Crippen LogP contribution in [0.3, 0.4) is 0 Å². The molecule has 0 aliphatic rings. The van der Waals surface area contributed by atoms with Gasteiger partial charge >= 0.3 is 0 Å². The molecule has 1 N–H and O–H groups in total. The number of aliphatic hydroxyl groups is 1. The molecule has 3 aromatic rings. The summed E-state index contributed by atoms with van der Waals surface area (Å²) in [6, 6.07) is 14.3. The molecular formula is C31H40IrNO2-. The van der Waals surface area contributed by atoms with Crippen molar-refractivity contribution in [2.45, 2.75) is 76.2 Å². The van der Waals surface area contributed by atoms with Crippen molar-refractivity contribution in [1.82, 2.24) is 4.98 Å². The number of aryl methyl sites for hydroxylation is 4. The third-order valence-corrected chi connectivity index (χ3v) is 5.89. The van der Waals surface area contributed by atoms with Gasteiger partial charge in [-0.1, -0.05) is 73.1 Å². The van der Waals surface area contributed by atoms with E-state index in [9.17, 15) is 9.90 Å². The van der Waals surface area contributed by atoms with E-state index < -0.39 is 5.41 Å². The molecule has 3 rings (SSSR count). The van der Waals surface area contributed by atoms with Gasteiger partial charge in [0.1, 0.15) is 5.76 Å². The Morgan fingerprint density at radius 1 is 0.857 bits per heavy atom. The van der Waals surface area contributed by atoms with Crippen LogP contribution in [-0.4, -0.2) is 15.9 Å². The molecule has 1 heterocycles. The molecule has 0 fully saturated rings. The van der Waals surface area contributed by atoms with Gasteiger partial charge in [0.05, 0.1) is 5.52 Å². The molecule has 0 aliphatic carbocycles. The Labute approximate surface area is 225 Å². The van der Waals surface area contributed by atoms with Crippen LogP contribution in [0.25, 0.3) is 22.2 Å². The van der Waals surface area contributed by atoms with Crippen LogP contribution in [0.15, 0.2) is 42.2 Å². The van der Waals surface area contributed by atoms with Crippen LogP contribution in [0.4, 0.5) is 0 Å². The van der Waals surface area contributed by atoms with Crippen LogP contribution in [0, 0.1) is 51.5 Å². The average molecular weight is 651 g/mol. The van der Waals surface area contributed by atoms with Crippen LogP contribution in [0.1, 0.15) is 69.4 Å². The summed E-state index contributed by atoms with van der Waals surface area (Å²) in [5.74, 6) is 0.104. The maximum absolute atomic E-state index is 11.5. The van der Waals surface area contributed by atoms with Crippen LogP contribution in [-0.2, 0) is 24.9 Å². The number of fused-ring (bicyclic) bond motifs is 1. The summed E-state index contributed by atoms with van der Waals surface area (Å²) in [4.78, 5) is 16.4. The number of rotatable bonds is 2. The van der Waals surface area contributed by atoms with Gasteiger partial charge in [0, 0.05) is 42.4 Å². The number of aliphatic hydroxyl groups excluding tert-OH is 1. The first-order chi connectivity index (χ1) is 15.5. The molecule has 35 heavy (non-hydrogen) atoms. The number of hydrogen-bond donors (Lipinski definition) is 1. The molecule has 0 saturated heterocycles. The summed E-state index contributed by atoms with van der Waals surface area (Å²) in [7, 11) is 0. The van der Waals surface area contributed by atoms with Crippen molar-refractivity contribution in [1.29, 1.82) is 0 Å². The summed E-state index contributed by atoms with van der Waals surface area (Å²) in [6.07, 6.45) is 1.33. The smallest absolute Gasteiger partial charge is 0.164 e. The number of carbonyl (C=O) groups excluding carboxylic acids is 1. The zero-order chi connectivity index (χ0) is 26.0. The van der Waals surface area contributed by atoms with Crippen molar-refractivity contribution in [2.75, 3.05) is 0 Å². The molecule has 0 amide bonds. The first-order valence-corrected chi connectivity index (χ1v) is 11.8. The van der Waals surface area contributed by atoms with Gasteiger partial charge in [-0.2, -0.15) is 0 Å². The van der Waals surface area contributed by atoms with Crippen LogP contribution >= 0.6 is 0 Å². The molecule has 0 atom stereocenters. The summed E-state index contributed by atoms with van der Waals surface area (Å²) >= 11 is 0. The van der Waals surface area contributed by atoms with Gasteiger partial charge in [-0.05, 0) is 43.7 Å². The van der Waals surface area contributed by atoms with Crippen LogP contribution in [0.2, 0.25) is 0 Å².